The van der Waals surface area contributed by atoms with Gasteiger partial charge in [-0.05, 0) is 12.1 Å². The van der Waals surface area contributed by atoms with E-state index in [0.717, 1.165) is 0 Å². The molecule has 7 heteroatoms. The van der Waals surface area contributed by atoms with Crippen molar-refractivity contribution in [2.24, 2.45) is 7.05 Å². The van der Waals surface area contributed by atoms with Crippen LogP contribution in [0, 0.1) is 0 Å². The maximum Gasteiger partial charge on any atom is 0.387 e. The van der Waals surface area contributed by atoms with Crippen LogP contribution in [0.15, 0.2) is 42.6 Å². The molecule has 0 aliphatic rings. The van der Waals surface area contributed by atoms with E-state index >= 15 is 0 Å². The highest BCUT2D eigenvalue weighted by atomic mass is 19.3. The van der Waals surface area contributed by atoms with Crippen molar-refractivity contribution < 1.29 is 18.3 Å². The molecule has 1 heterocycles. The van der Waals surface area contributed by atoms with Gasteiger partial charge in [0.15, 0.2) is 5.82 Å². The summed E-state index contributed by atoms with van der Waals surface area (Å²) in [6, 6.07) is 7.85. The van der Waals surface area contributed by atoms with Gasteiger partial charge >= 0.3 is 6.61 Å². The van der Waals surface area contributed by atoms with Crippen LogP contribution in [0.1, 0.15) is 5.56 Å². The zero-order chi connectivity index (χ0) is 15.2. The Bertz CT molecular complexity index is 653. The molecule has 21 heavy (non-hydrogen) atoms. The minimum Gasteiger partial charge on any atom is -0.434 e. The molecule has 0 saturated carbocycles. The number of hydrogen-bond acceptors (Lipinski definition) is 3. The number of amides is 1. The third-order valence-corrected chi connectivity index (χ3v) is 2.51. The quantitative estimate of drug-likeness (QED) is 0.862. The molecule has 0 fully saturated rings. The van der Waals surface area contributed by atoms with Gasteiger partial charge in [0.1, 0.15) is 5.75 Å². The Labute approximate surface area is 119 Å². The van der Waals surface area contributed by atoms with Crippen LogP contribution in [-0.2, 0) is 11.8 Å². The monoisotopic (exact) mass is 293 g/mol. The largest absolute Gasteiger partial charge is 0.434 e. The predicted octanol–water partition coefficient (Wildman–Crippen LogP) is 2.67. The predicted molar refractivity (Wildman–Crippen MR) is 73.9 cm³/mol. The zero-order valence-corrected chi connectivity index (χ0v) is 11.2. The summed E-state index contributed by atoms with van der Waals surface area (Å²) < 4.78 is 30.4. The van der Waals surface area contributed by atoms with Crippen LogP contribution < -0.4 is 10.1 Å². The highest BCUT2D eigenvalue weighted by Gasteiger charge is 2.07. The normalized spacial score (nSPS) is 11.0. The number of nitrogens with zero attached hydrogens (tertiary/aromatic N) is 2. The summed E-state index contributed by atoms with van der Waals surface area (Å²) in [4.78, 5) is 11.7. The number of hydrogen-bond donors (Lipinski definition) is 1. The first-order chi connectivity index (χ1) is 10.0. The Morgan fingerprint density at radius 1 is 1.38 bits per heavy atom. The molecule has 1 aromatic heterocycles. The van der Waals surface area contributed by atoms with Gasteiger partial charge in [0.2, 0.25) is 5.91 Å². The molecular formula is C14H13F2N3O2. The molecular weight excluding hydrogens is 280 g/mol. The Morgan fingerprint density at radius 2 is 2.14 bits per heavy atom. The third kappa shape index (κ3) is 4.41. The second kappa shape index (κ2) is 6.65. The van der Waals surface area contributed by atoms with E-state index in [1.165, 1.54) is 18.2 Å². The van der Waals surface area contributed by atoms with E-state index in [9.17, 15) is 13.6 Å². The van der Waals surface area contributed by atoms with E-state index in [-0.39, 0.29) is 5.75 Å². The average molecular weight is 293 g/mol. The summed E-state index contributed by atoms with van der Waals surface area (Å²) in [5.41, 5.74) is 0.383. The summed E-state index contributed by atoms with van der Waals surface area (Å²) in [5.74, 6) is -0.000739. The molecule has 2 aromatic rings. The first-order valence-corrected chi connectivity index (χ1v) is 6.07. The van der Waals surface area contributed by atoms with Crippen LogP contribution >= 0.6 is 0 Å². The molecule has 0 spiro atoms. The minimum absolute atomic E-state index is 0.00869. The molecule has 0 aliphatic carbocycles. The van der Waals surface area contributed by atoms with Crippen molar-refractivity contribution in [3.05, 3.63) is 48.2 Å². The molecule has 0 bridgehead atoms. The Balaban J connectivity index is 2.05. The van der Waals surface area contributed by atoms with Crippen LogP contribution in [0.4, 0.5) is 14.6 Å². The molecule has 0 aliphatic heterocycles. The van der Waals surface area contributed by atoms with Crippen molar-refractivity contribution in [1.82, 2.24) is 9.78 Å². The fraction of sp³-hybridized carbons (Fsp3) is 0.143. The lowest BCUT2D eigenvalue weighted by molar-refractivity contribution is -0.111. The van der Waals surface area contributed by atoms with Gasteiger partial charge < -0.3 is 10.1 Å². The van der Waals surface area contributed by atoms with Crippen LogP contribution in [0.25, 0.3) is 6.08 Å². The molecule has 0 radical (unpaired) electrons. The van der Waals surface area contributed by atoms with Gasteiger partial charge in [0, 0.05) is 31.0 Å². The number of carbonyl (C=O) groups is 1. The van der Waals surface area contributed by atoms with E-state index in [1.54, 1.807) is 42.2 Å². The second-order valence-electron chi connectivity index (χ2n) is 4.11. The number of aromatic nitrogens is 2. The Morgan fingerprint density at radius 3 is 2.81 bits per heavy atom. The summed E-state index contributed by atoms with van der Waals surface area (Å²) in [7, 11) is 1.73. The Hall–Kier alpha value is -2.70. The second-order valence-corrected chi connectivity index (χ2v) is 4.11. The average Bonchev–Trinajstić information content (AvgIpc) is 2.82. The van der Waals surface area contributed by atoms with Crippen LogP contribution in [0.3, 0.4) is 0 Å². The molecule has 0 atom stereocenters. The van der Waals surface area contributed by atoms with E-state index in [1.807, 2.05) is 0 Å². The van der Waals surface area contributed by atoms with Crippen molar-refractivity contribution in [3.63, 3.8) is 0 Å². The van der Waals surface area contributed by atoms with E-state index in [2.05, 4.69) is 15.2 Å². The summed E-state index contributed by atoms with van der Waals surface area (Å²) in [6.07, 6.45) is 4.31. The molecule has 1 N–H and O–H groups in total. The van der Waals surface area contributed by atoms with Crippen LogP contribution in [0.2, 0.25) is 0 Å². The first kappa shape index (κ1) is 14.7. The number of ether oxygens (including phenoxy) is 1. The third-order valence-electron chi connectivity index (χ3n) is 2.51. The SMILES string of the molecule is Cn1ccc(NC(=O)/C=C/c2ccccc2OC(F)F)n1. The lowest BCUT2D eigenvalue weighted by Crippen LogP contribution is -2.08. The topological polar surface area (TPSA) is 56.2 Å². The number of alkyl halides is 2. The minimum atomic E-state index is -2.91. The molecule has 1 amide bonds. The van der Waals surface area contributed by atoms with E-state index in [4.69, 9.17) is 0 Å². The highest BCUT2D eigenvalue weighted by molar-refractivity contribution is 6.01. The van der Waals surface area contributed by atoms with Gasteiger partial charge in [-0.15, -0.1) is 0 Å². The first-order valence-electron chi connectivity index (χ1n) is 6.07. The van der Waals surface area contributed by atoms with Crippen LogP contribution in [-0.4, -0.2) is 22.3 Å². The van der Waals surface area contributed by atoms with Gasteiger partial charge in [-0.2, -0.15) is 13.9 Å². The number of benzene rings is 1. The summed E-state index contributed by atoms with van der Waals surface area (Å²) >= 11 is 0. The number of para-hydroxylation sites is 1. The number of halogens is 2. The van der Waals surface area contributed by atoms with Gasteiger partial charge in [-0.3, -0.25) is 9.48 Å². The zero-order valence-electron chi connectivity index (χ0n) is 11.2. The smallest absolute Gasteiger partial charge is 0.387 e. The van der Waals surface area contributed by atoms with Crippen molar-refractivity contribution >= 4 is 17.8 Å². The standard InChI is InChI=1S/C14H13F2N3O2/c1-19-9-8-12(18-19)17-13(20)7-6-10-4-2-3-5-11(10)21-14(15)16/h2-9,14H,1H3,(H,17,18,20)/b7-6+. The molecule has 2 rings (SSSR count). The maximum atomic E-state index is 12.3. The van der Waals surface area contributed by atoms with E-state index in [0.29, 0.717) is 11.4 Å². The number of rotatable bonds is 5. The number of nitrogens with one attached hydrogen (secondary N) is 1. The highest BCUT2D eigenvalue weighted by Crippen LogP contribution is 2.21. The molecule has 1 aromatic carbocycles. The van der Waals surface area contributed by atoms with Crippen molar-refractivity contribution in [3.8, 4) is 5.75 Å². The summed E-state index contributed by atoms with van der Waals surface area (Å²) in [5, 5.41) is 6.54. The van der Waals surface area contributed by atoms with Gasteiger partial charge in [-0.1, -0.05) is 18.2 Å². The number of anilines is 1. The fourth-order valence-corrected chi connectivity index (χ4v) is 1.64. The van der Waals surface area contributed by atoms with Gasteiger partial charge in [-0.25, -0.2) is 0 Å². The van der Waals surface area contributed by atoms with Crippen molar-refractivity contribution in [2.45, 2.75) is 6.61 Å². The summed E-state index contributed by atoms with van der Waals surface area (Å²) in [6.45, 7) is -2.91. The lowest BCUT2D eigenvalue weighted by Gasteiger charge is -2.07. The molecule has 0 unspecified atom stereocenters. The van der Waals surface area contributed by atoms with Gasteiger partial charge in [0.05, 0.1) is 0 Å². The lowest BCUT2D eigenvalue weighted by atomic mass is 10.2. The van der Waals surface area contributed by atoms with Crippen LogP contribution in [0.5, 0.6) is 5.75 Å². The van der Waals surface area contributed by atoms with Gasteiger partial charge in [0.25, 0.3) is 0 Å². The number of aryl methyl sites for hydroxylation is 1. The maximum absolute atomic E-state index is 12.3. The van der Waals surface area contributed by atoms with Crippen molar-refractivity contribution in [2.75, 3.05) is 5.32 Å². The Kier molecular flexibility index (Phi) is 4.65. The molecule has 110 valence electrons. The van der Waals surface area contributed by atoms with E-state index < -0.39 is 12.5 Å². The number of carbonyl (C=O) groups excluding carboxylic acids is 1. The fourth-order valence-electron chi connectivity index (χ4n) is 1.64. The molecule has 5 nitrogen and oxygen atoms in total. The van der Waals surface area contributed by atoms with Crippen molar-refractivity contribution in [1.29, 1.82) is 0 Å². The molecule has 0 saturated heterocycles.